The van der Waals surface area contributed by atoms with Crippen LogP contribution in [0.2, 0.25) is 0 Å². The molecular formula is C29H31F3N4O4. The molecular weight excluding hydrogens is 525 g/mol. The molecule has 0 bridgehead atoms. The molecule has 2 aromatic carbocycles. The Bertz CT molecular complexity index is 1360. The predicted molar refractivity (Wildman–Crippen MR) is 144 cm³/mol. The van der Waals surface area contributed by atoms with Crippen molar-refractivity contribution < 1.29 is 32.5 Å². The third-order valence-corrected chi connectivity index (χ3v) is 6.70. The maximum absolute atomic E-state index is 14.1. The molecule has 0 radical (unpaired) electrons. The highest BCUT2D eigenvalue weighted by Crippen LogP contribution is 2.39. The molecule has 0 spiro atoms. The molecule has 1 aromatic heterocycles. The summed E-state index contributed by atoms with van der Waals surface area (Å²) >= 11 is 0. The van der Waals surface area contributed by atoms with E-state index in [-0.39, 0.29) is 23.3 Å². The summed E-state index contributed by atoms with van der Waals surface area (Å²) in [6, 6.07) is 13.7. The fourth-order valence-electron chi connectivity index (χ4n) is 4.69. The molecule has 212 valence electrons. The quantitative estimate of drug-likeness (QED) is 0.286. The number of halogens is 3. The van der Waals surface area contributed by atoms with Crippen molar-refractivity contribution in [2.24, 2.45) is 11.7 Å². The average Bonchev–Trinajstić information content (AvgIpc) is 2.92. The molecule has 0 saturated carbocycles. The summed E-state index contributed by atoms with van der Waals surface area (Å²) in [5.41, 5.74) is 14.1. The zero-order valence-corrected chi connectivity index (χ0v) is 21.9. The van der Waals surface area contributed by atoms with Crippen LogP contribution in [0.3, 0.4) is 0 Å². The molecule has 11 heteroatoms. The number of anilines is 1. The fourth-order valence-corrected chi connectivity index (χ4v) is 4.69. The number of benzene rings is 2. The van der Waals surface area contributed by atoms with Gasteiger partial charge in [-0.25, -0.2) is 4.98 Å². The van der Waals surface area contributed by atoms with Gasteiger partial charge < -0.3 is 26.0 Å². The molecule has 4 rings (SSSR count). The molecule has 3 aromatic rings. The van der Waals surface area contributed by atoms with Crippen LogP contribution >= 0.6 is 0 Å². The molecule has 0 amide bonds. The first-order chi connectivity index (χ1) is 19.0. The minimum atomic E-state index is -4.73. The Balaban J connectivity index is 1.53. The highest BCUT2D eigenvalue weighted by Gasteiger charge is 2.43. The van der Waals surface area contributed by atoms with Crippen LogP contribution in [0.15, 0.2) is 60.7 Å². The van der Waals surface area contributed by atoms with Gasteiger partial charge in [0.2, 0.25) is 17.9 Å². The first kappa shape index (κ1) is 28.9. The van der Waals surface area contributed by atoms with Crippen LogP contribution in [0.4, 0.5) is 19.1 Å². The standard InChI is InChI=1S/C29H31F3N4O4/c1-2-39-22-5-3-4-21(15-22)18-10-12-20(13-11-18)26(29(30,31)32)40-25-16-24(35-28(34)36-25)19-8-6-17(7-9-19)14-23(33)27(37)38/h3-5,8,10-13,15-17,23,26H,2,6-7,9,14,33H2,1H3,(H,37,38)(H2,34,35,36)/t17?,23-,26+/m0/s1. The SMILES string of the molecule is CCOc1cccc(-c2ccc([C@@H](Oc3cc(C4=CCC(C[C@H](N)C(=O)O)CC4)nc(N)n3)C(F)(F)F)cc2)c1. The van der Waals surface area contributed by atoms with Crippen LogP contribution in [0.5, 0.6) is 11.6 Å². The number of carboxylic acid groups (broad SMARTS) is 1. The number of alkyl halides is 3. The van der Waals surface area contributed by atoms with E-state index in [0.717, 1.165) is 16.7 Å². The first-order valence-corrected chi connectivity index (χ1v) is 12.9. The van der Waals surface area contributed by atoms with Crippen molar-refractivity contribution in [3.63, 3.8) is 0 Å². The van der Waals surface area contributed by atoms with Crippen molar-refractivity contribution in [2.45, 2.75) is 50.9 Å². The van der Waals surface area contributed by atoms with Gasteiger partial charge >= 0.3 is 12.1 Å². The largest absolute Gasteiger partial charge is 0.494 e. The molecule has 0 fully saturated rings. The second-order valence-electron chi connectivity index (χ2n) is 9.62. The molecule has 1 unspecified atom stereocenters. The van der Waals surface area contributed by atoms with Crippen LogP contribution in [-0.2, 0) is 4.79 Å². The molecule has 1 aliphatic rings. The molecule has 1 heterocycles. The van der Waals surface area contributed by atoms with Crippen LogP contribution < -0.4 is 20.9 Å². The highest BCUT2D eigenvalue weighted by atomic mass is 19.4. The van der Waals surface area contributed by atoms with Crippen molar-refractivity contribution in [1.29, 1.82) is 0 Å². The summed E-state index contributed by atoms with van der Waals surface area (Å²) in [5.74, 6) is -0.804. The number of aliphatic carboxylic acids is 1. The van der Waals surface area contributed by atoms with E-state index in [9.17, 15) is 18.0 Å². The second-order valence-corrected chi connectivity index (χ2v) is 9.62. The number of ether oxygens (including phenoxy) is 2. The summed E-state index contributed by atoms with van der Waals surface area (Å²) in [7, 11) is 0. The Morgan fingerprint density at radius 2 is 1.88 bits per heavy atom. The maximum atomic E-state index is 14.1. The number of aromatic nitrogens is 2. The van der Waals surface area contributed by atoms with Gasteiger partial charge in [0.05, 0.1) is 12.3 Å². The van der Waals surface area contributed by atoms with Crippen molar-refractivity contribution in [3.05, 3.63) is 71.9 Å². The molecule has 40 heavy (non-hydrogen) atoms. The van der Waals surface area contributed by atoms with Crippen molar-refractivity contribution in [3.8, 4) is 22.8 Å². The molecule has 8 nitrogen and oxygen atoms in total. The number of hydrogen-bond donors (Lipinski definition) is 3. The normalized spacial score (nSPS) is 17.0. The Labute approximate surface area is 229 Å². The second kappa shape index (κ2) is 12.4. The van der Waals surface area contributed by atoms with Crippen LogP contribution in [-0.4, -0.2) is 39.9 Å². The van der Waals surface area contributed by atoms with Gasteiger partial charge in [-0.15, -0.1) is 0 Å². The molecule has 0 aliphatic heterocycles. The van der Waals surface area contributed by atoms with E-state index < -0.39 is 24.3 Å². The number of allylic oxidation sites excluding steroid dienone is 2. The van der Waals surface area contributed by atoms with E-state index in [1.807, 2.05) is 37.3 Å². The topological polar surface area (TPSA) is 134 Å². The first-order valence-electron chi connectivity index (χ1n) is 12.9. The zero-order valence-electron chi connectivity index (χ0n) is 21.9. The minimum Gasteiger partial charge on any atom is -0.494 e. The van der Waals surface area contributed by atoms with Crippen molar-refractivity contribution in [1.82, 2.24) is 9.97 Å². The van der Waals surface area contributed by atoms with Gasteiger partial charge in [0, 0.05) is 11.6 Å². The van der Waals surface area contributed by atoms with Gasteiger partial charge in [-0.3, -0.25) is 4.79 Å². The molecule has 3 atom stereocenters. The Morgan fingerprint density at radius 1 is 1.12 bits per heavy atom. The lowest BCUT2D eigenvalue weighted by atomic mass is 9.84. The van der Waals surface area contributed by atoms with Gasteiger partial charge in [0.15, 0.2) is 0 Å². The summed E-state index contributed by atoms with van der Waals surface area (Å²) < 4.78 is 53.3. The lowest BCUT2D eigenvalue weighted by Crippen LogP contribution is -2.32. The van der Waals surface area contributed by atoms with Crippen LogP contribution in [0.1, 0.15) is 50.0 Å². The smallest absolute Gasteiger partial charge is 0.429 e. The lowest BCUT2D eigenvalue weighted by Gasteiger charge is -2.24. The number of carboxylic acids is 1. The van der Waals surface area contributed by atoms with E-state index in [4.69, 9.17) is 26.0 Å². The minimum absolute atomic E-state index is 0.0870. The van der Waals surface area contributed by atoms with Gasteiger partial charge in [-0.1, -0.05) is 42.5 Å². The van der Waals surface area contributed by atoms with E-state index >= 15 is 0 Å². The number of nitrogens with two attached hydrogens (primary N) is 2. The number of hydrogen-bond acceptors (Lipinski definition) is 7. The van der Waals surface area contributed by atoms with E-state index in [1.54, 1.807) is 12.1 Å². The lowest BCUT2D eigenvalue weighted by molar-refractivity contribution is -0.198. The number of carbonyl (C=O) groups is 1. The highest BCUT2D eigenvalue weighted by molar-refractivity contribution is 5.73. The molecule has 5 N–H and O–H groups in total. The van der Waals surface area contributed by atoms with Crippen molar-refractivity contribution in [2.75, 3.05) is 12.3 Å². The third-order valence-electron chi connectivity index (χ3n) is 6.70. The van der Waals surface area contributed by atoms with E-state index in [1.165, 1.54) is 18.2 Å². The summed E-state index contributed by atoms with van der Waals surface area (Å²) in [5, 5.41) is 9.04. The third kappa shape index (κ3) is 7.29. The fraction of sp³-hybridized carbons (Fsp3) is 0.345. The average molecular weight is 557 g/mol. The van der Waals surface area contributed by atoms with E-state index in [2.05, 4.69) is 9.97 Å². The summed E-state index contributed by atoms with van der Waals surface area (Å²) in [6.45, 7) is 2.37. The number of rotatable bonds is 10. The van der Waals surface area contributed by atoms with E-state index in [0.29, 0.717) is 43.7 Å². The number of nitrogens with zero attached hydrogens (tertiary/aromatic N) is 2. The van der Waals surface area contributed by atoms with Crippen LogP contribution in [0.25, 0.3) is 16.7 Å². The van der Waals surface area contributed by atoms with Gasteiger partial charge in [0.25, 0.3) is 0 Å². The Hall–Kier alpha value is -4.12. The van der Waals surface area contributed by atoms with Crippen LogP contribution in [0, 0.1) is 5.92 Å². The Kier molecular flexibility index (Phi) is 8.93. The summed E-state index contributed by atoms with van der Waals surface area (Å²) in [6.07, 6.45) is -3.00. The Morgan fingerprint density at radius 3 is 2.50 bits per heavy atom. The maximum Gasteiger partial charge on any atom is 0.429 e. The summed E-state index contributed by atoms with van der Waals surface area (Å²) in [4.78, 5) is 19.1. The number of nitrogen functional groups attached to an aromatic ring is 1. The van der Waals surface area contributed by atoms with Gasteiger partial charge in [-0.05, 0) is 67.4 Å². The predicted octanol–water partition coefficient (Wildman–Crippen LogP) is 5.79. The van der Waals surface area contributed by atoms with Crippen molar-refractivity contribution >= 4 is 17.5 Å². The monoisotopic (exact) mass is 556 g/mol. The van der Waals surface area contributed by atoms with Gasteiger partial charge in [-0.2, -0.15) is 18.2 Å². The molecule has 1 aliphatic carbocycles. The van der Waals surface area contributed by atoms with Gasteiger partial charge in [0.1, 0.15) is 11.8 Å². The zero-order chi connectivity index (χ0) is 28.9. The molecule has 0 saturated heterocycles.